The van der Waals surface area contributed by atoms with E-state index in [1.165, 1.54) is 5.56 Å². The van der Waals surface area contributed by atoms with Crippen LogP contribution in [0.3, 0.4) is 0 Å². The van der Waals surface area contributed by atoms with Gasteiger partial charge in [-0.1, -0.05) is 18.2 Å². The van der Waals surface area contributed by atoms with Gasteiger partial charge in [0.2, 0.25) is 11.6 Å². The Morgan fingerprint density at radius 3 is 2.93 bits per heavy atom. The van der Waals surface area contributed by atoms with E-state index in [9.17, 15) is 4.79 Å². The number of amides is 1. The van der Waals surface area contributed by atoms with Crippen molar-refractivity contribution in [3.8, 4) is 0 Å². The summed E-state index contributed by atoms with van der Waals surface area (Å²) in [4.78, 5) is 26.4. The minimum Gasteiger partial charge on any atom is -0.443 e. The summed E-state index contributed by atoms with van der Waals surface area (Å²) in [6.45, 7) is 6.37. The number of para-hydroxylation sites is 1. The van der Waals surface area contributed by atoms with Gasteiger partial charge in [-0.3, -0.25) is 4.79 Å². The molecule has 144 valence electrons. The Kier molecular flexibility index (Phi) is 4.07. The maximum absolute atomic E-state index is 13.3. The number of fused-ring (bicyclic) bond motifs is 2. The Morgan fingerprint density at radius 1 is 1.18 bits per heavy atom. The van der Waals surface area contributed by atoms with Crippen LogP contribution in [-0.2, 0) is 11.2 Å². The molecule has 0 bridgehead atoms. The molecule has 0 unspecified atom stereocenters. The van der Waals surface area contributed by atoms with Gasteiger partial charge in [0.1, 0.15) is 17.9 Å². The first kappa shape index (κ1) is 17.2. The van der Waals surface area contributed by atoms with Crippen LogP contribution in [0.15, 0.2) is 35.0 Å². The molecule has 1 fully saturated rings. The molecule has 2 aliphatic heterocycles. The van der Waals surface area contributed by atoms with Crippen molar-refractivity contribution in [3.05, 3.63) is 47.5 Å². The van der Waals surface area contributed by atoms with Crippen molar-refractivity contribution in [3.63, 3.8) is 0 Å². The topological polar surface area (TPSA) is 62.5 Å². The van der Waals surface area contributed by atoms with Crippen LogP contribution in [0.25, 0.3) is 11.1 Å². The molecule has 1 saturated heterocycles. The van der Waals surface area contributed by atoms with Crippen LogP contribution in [0.4, 0.5) is 11.5 Å². The first-order valence-corrected chi connectivity index (χ1v) is 9.98. The molecule has 4 heterocycles. The van der Waals surface area contributed by atoms with Crippen LogP contribution < -0.4 is 9.80 Å². The average Bonchev–Trinajstić information content (AvgIpc) is 3.28. The lowest BCUT2D eigenvalue weighted by Crippen LogP contribution is -2.45. The molecule has 0 spiro atoms. The van der Waals surface area contributed by atoms with Gasteiger partial charge in [-0.25, -0.2) is 9.97 Å². The molecular weight excluding hydrogens is 352 g/mol. The van der Waals surface area contributed by atoms with E-state index in [1.54, 1.807) is 6.33 Å². The molecule has 1 atom stereocenters. The highest BCUT2D eigenvalue weighted by Crippen LogP contribution is 2.34. The van der Waals surface area contributed by atoms with E-state index >= 15 is 0 Å². The molecule has 6 nitrogen and oxygen atoms in total. The fourth-order valence-corrected chi connectivity index (χ4v) is 4.56. The smallest absolute Gasteiger partial charge is 0.231 e. The SMILES string of the molecule is Cc1oc2ncnc(N3CCC[C@H](C(=O)N4CCc5ccccc54)C3)c2c1C. The van der Waals surface area contributed by atoms with Crippen LogP contribution in [0.2, 0.25) is 0 Å². The number of nitrogens with zero attached hydrogens (tertiary/aromatic N) is 4. The minimum atomic E-state index is -0.0155. The summed E-state index contributed by atoms with van der Waals surface area (Å²) < 4.78 is 5.77. The lowest BCUT2D eigenvalue weighted by molar-refractivity contribution is -0.122. The Labute approximate surface area is 164 Å². The number of rotatable bonds is 2. The van der Waals surface area contributed by atoms with Gasteiger partial charge in [0, 0.05) is 30.9 Å². The Morgan fingerprint density at radius 2 is 2.04 bits per heavy atom. The van der Waals surface area contributed by atoms with E-state index in [0.717, 1.165) is 60.6 Å². The minimum absolute atomic E-state index is 0.0155. The third kappa shape index (κ3) is 2.66. The lowest BCUT2D eigenvalue weighted by Gasteiger charge is -2.35. The van der Waals surface area contributed by atoms with Crippen LogP contribution in [-0.4, -0.2) is 35.5 Å². The summed E-state index contributed by atoms with van der Waals surface area (Å²) in [5, 5.41) is 0.972. The fraction of sp³-hybridized carbons (Fsp3) is 0.409. The lowest BCUT2D eigenvalue weighted by atomic mass is 9.96. The summed E-state index contributed by atoms with van der Waals surface area (Å²) in [5.74, 6) is 1.98. The summed E-state index contributed by atoms with van der Waals surface area (Å²) in [5.41, 5.74) is 4.05. The van der Waals surface area contributed by atoms with Crippen LogP contribution >= 0.6 is 0 Å². The van der Waals surface area contributed by atoms with Crippen molar-refractivity contribution in [2.24, 2.45) is 5.92 Å². The molecule has 0 N–H and O–H groups in total. The van der Waals surface area contributed by atoms with Gasteiger partial charge in [-0.05, 0) is 44.7 Å². The molecule has 5 rings (SSSR count). The number of hydrogen-bond donors (Lipinski definition) is 0. The first-order chi connectivity index (χ1) is 13.6. The Hall–Kier alpha value is -2.89. The van der Waals surface area contributed by atoms with E-state index in [4.69, 9.17) is 4.42 Å². The monoisotopic (exact) mass is 376 g/mol. The van der Waals surface area contributed by atoms with E-state index in [0.29, 0.717) is 12.3 Å². The summed E-state index contributed by atoms with van der Waals surface area (Å²) in [7, 11) is 0. The van der Waals surface area contributed by atoms with E-state index in [-0.39, 0.29) is 11.8 Å². The molecule has 0 radical (unpaired) electrons. The predicted molar refractivity (Wildman–Crippen MR) is 109 cm³/mol. The summed E-state index contributed by atoms with van der Waals surface area (Å²) in [6.07, 6.45) is 4.40. The second-order valence-corrected chi connectivity index (χ2v) is 7.81. The van der Waals surface area contributed by atoms with Crippen molar-refractivity contribution < 1.29 is 9.21 Å². The van der Waals surface area contributed by atoms with E-state index < -0.39 is 0 Å². The molecule has 0 saturated carbocycles. The number of carbonyl (C=O) groups excluding carboxylic acids is 1. The second kappa shape index (κ2) is 6.62. The fourth-order valence-electron chi connectivity index (χ4n) is 4.56. The van der Waals surface area contributed by atoms with Gasteiger partial charge in [-0.2, -0.15) is 0 Å². The van der Waals surface area contributed by atoms with Gasteiger partial charge >= 0.3 is 0 Å². The van der Waals surface area contributed by atoms with Crippen LogP contribution in [0, 0.1) is 19.8 Å². The molecule has 2 aromatic heterocycles. The zero-order chi connectivity index (χ0) is 19.3. The molecular formula is C22H24N4O2. The molecule has 1 amide bonds. The summed E-state index contributed by atoms with van der Waals surface area (Å²) in [6, 6.07) is 8.24. The zero-order valence-electron chi connectivity index (χ0n) is 16.3. The van der Waals surface area contributed by atoms with Gasteiger partial charge in [-0.15, -0.1) is 0 Å². The first-order valence-electron chi connectivity index (χ1n) is 9.98. The normalized spacial score (nSPS) is 19.3. The molecule has 6 heteroatoms. The predicted octanol–water partition coefficient (Wildman–Crippen LogP) is 3.65. The van der Waals surface area contributed by atoms with Crippen molar-refractivity contribution in [2.75, 3.05) is 29.4 Å². The van der Waals surface area contributed by atoms with Crippen molar-refractivity contribution in [2.45, 2.75) is 33.1 Å². The standard InChI is InChI=1S/C22H24N4O2/c1-14-15(2)28-21-19(14)20(23-13-24-21)25-10-5-7-17(12-25)22(27)26-11-9-16-6-3-4-8-18(16)26/h3-4,6,8,13,17H,5,7,9-12H2,1-2H3/t17-/m0/s1. The zero-order valence-corrected chi connectivity index (χ0v) is 16.3. The number of piperidine rings is 1. The highest BCUT2D eigenvalue weighted by Gasteiger charge is 2.34. The number of carbonyl (C=O) groups is 1. The van der Waals surface area contributed by atoms with Crippen LogP contribution in [0.1, 0.15) is 29.7 Å². The Balaban J connectivity index is 1.43. The van der Waals surface area contributed by atoms with Gasteiger partial charge in [0.15, 0.2) is 0 Å². The number of benzene rings is 1. The van der Waals surface area contributed by atoms with Crippen molar-refractivity contribution >= 4 is 28.5 Å². The summed E-state index contributed by atoms with van der Waals surface area (Å²) >= 11 is 0. The number of hydrogen-bond acceptors (Lipinski definition) is 5. The maximum atomic E-state index is 13.3. The van der Waals surface area contributed by atoms with Crippen molar-refractivity contribution in [1.29, 1.82) is 0 Å². The number of aryl methyl sites for hydroxylation is 2. The highest BCUT2D eigenvalue weighted by atomic mass is 16.3. The number of aromatic nitrogens is 2. The molecule has 3 aromatic rings. The average molecular weight is 376 g/mol. The Bertz CT molecular complexity index is 1060. The maximum Gasteiger partial charge on any atom is 0.231 e. The third-order valence-electron chi connectivity index (χ3n) is 6.17. The second-order valence-electron chi connectivity index (χ2n) is 7.81. The van der Waals surface area contributed by atoms with Gasteiger partial charge < -0.3 is 14.2 Å². The highest BCUT2D eigenvalue weighted by molar-refractivity contribution is 5.98. The molecule has 0 aliphatic carbocycles. The number of anilines is 2. The van der Waals surface area contributed by atoms with Crippen molar-refractivity contribution in [1.82, 2.24) is 9.97 Å². The molecule has 1 aromatic carbocycles. The van der Waals surface area contributed by atoms with Gasteiger partial charge in [0.05, 0.1) is 11.3 Å². The van der Waals surface area contributed by atoms with Gasteiger partial charge in [0.25, 0.3) is 0 Å². The molecule has 28 heavy (non-hydrogen) atoms. The number of furan rings is 1. The molecule has 2 aliphatic rings. The third-order valence-corrected chi connectivity index (χ3v) is 6.17. The quantitative estimate of drug-likeness (QED) is 0.683. The van der Waals surface area contributed by atoms with E-state index in [2.05, 4.69) is 27.0 Å². The van der Waals surface area contributed by atoms with E-state index in [1.807, 2.05) is 30.9 Å². The largest absolute Gasteiger partial charge is 0.443 e. The van der Waals surface area contributed by atoms with Crippen LogP contribution in [0.5, 0.6) is 0 Å².